The van der Waals surface area contributed by atoms with Crippen molar-refractivity contribution in [2.45, 2.75) is 44.6 Å². The number of halogens is 1. The van der Waals surface area contributed by atoms with Crippen LogP contribution < -0.4 is 0 Å². The average Bonchev–Trinajstić information content (AvgIpc) is 3.52. The quantitative estimate of drug-likeness (QED) is 0.377. The number of nitrogens with zero attached hydrogens (tertiary/aromatic N) is 1. The van der Waals surface area contributed by atoms with Gasteiger partial charge in [-0.25, -0.2) is 0 Å². The zero-order valence-electron chi connectivity index (χ0n) is 17.1. The molecule has 1 aliphatic heterocycles. The van der Waals surface area contributed by atoms with Gasteiger partial charge in [0.2, 0.25) is 0 Å². The third-order valence-electron chi connectivity index (χ3n) is 6.69. The van der Waals surface area contributed by atoms with E-state index in [1.54, 1.807) is 11.3 Å². The number of thioether (sulfide) groups is 1. The smallest absolute Gasteiger partial charge is 0.266 e. The second-order valence-corrected chi connectivity index (χ2v) is 11.8. The molecule has 31 heavy (non-hydrogen) atoms. The minimum absolute atomic E-state index is 0.0714. The highest BCUT2D eigenvalue weighted by Gasteiger charge is 2.47. The van der Waals surface area contributed by atoms with Gasteiger partial charge in [-0.05, 0) is 79.3 Å². The first-order valence-corrected chi connectivity index (χ1v) is 13.2. The summed E-state index contributed by atoms with van der Waals surface area (Å²) in [5, 5.41) is 10.0. The van der Waals surface area contributed by atoms with E-state index < -0.39 is 0 Å². The van der Waals surface area contributed by atoms with Crippen LogP contribution in [-0.4, -0.2) is 32.9 Å². The van der Waals surface area contributed by atoms with E-state index in [9.17, 15) is 9.90 Å². The Morgan fingerprint density at radius 1 is 1.23 bits per heavy atom. The average molecular weight is 490 g/mol. The Hall–Kier alpha value is -1.18. The fourth-order valence-electron chi connectivity index (χ4n) is 5.20. The van der Waals surface area contributed by atoms with Crippen molar-refractivity contribution in [3.8, 4) is 10.4 Å². The molecule has 0 radical (unpaired) electrons. The number of benzene rings is 1. The van der Waals surface area contributed by atoms with Crippen LogP contribution in [0.15, 0.2) is 35.2 Å². The Labute approximate surface area is 201 Å². The molecule has 2 aliphatic carbocycles. The molecule has 1 aromatic heterocycles. The second kappa shape index (κ2) is 8.99. The topological polar surface area (TPSA) is 40.5 Å². The Morgan fingerprint density at radius 2 is 2.03 bits per heavy atom. The van der Waals surface area contributed by atoms with E-state index in [-0.39, 0.29) is 12.5 Å². The molecule has 3 nitrogen and oxygen atoms in total. The molecule has 1 saturated heterocycles. The molecule has 2 bridgehead atoms. The Balaban J connectivity index is 1.44. The number of fused-ring (bicyclic) bond motifs is 2. The van der Waals surface area contributed by atoms with Gasteiger partial charge in [-0.15, -0.1) is 11.3 Å². The molecule has 5 rings (SSSR count). The molecule has 7 heteroatoms. The van der Waals surface area contributed by atoms with Crippen molar-refractivity contribution < 1.29 is 9.90 Å². The fourth-order valence-corrected chi connectivity index (χ4v) is 7.91. The number of aliphatic hydroxyl groups excluding tert-OH is 1. The van der Waals surface area contributed by atoms with E-state index in [1.807, 2.05) is 35.2 Å². The van der Waals surface area contributed by atoms with Crippen molar-refractivity contribution in [3.63, 3.8) is 0 Å². The fraction of sp³-hybridized carbons (Fsp3) is 0.417. The number of aliphatic hydroxyl groups is 1. The van der Waals surface area contributed by atoms with Crippen molar-refractivity contribution in [1.82, 2.24) is 4.90 Å². The summed E-state index contributed by atoms with van der Waals surface area (Å²) in [4.78, 5) is 18.2. The summed E-state index contributed by atoms with van der Waals surface area (Å²) in [6.07, 6.45) is 8.38. The lowest BCUT2D eigenvalue weighted by atomic mass is 9.94. The molecule has 2 aromatic rings. The van der Waals surface area contributed by atoms with Gasteiger partial charge in [-0.2, -0.15) is 0 Å². The third kappa shape index (κ3) is 4.25. The van der Waals surface area contributed by atoms with E-state index in [0.717, 1.165) is 44.5 Å². The number of thiophene rings is 1. The maximum absolute atomic E-state index is 13.3. The van der Waals surface area contributed by atoms with Crippen LogP contribution in [0.5, 0.6) is 0 Å². The van der Waals surface area contributed by atoms with E-state index in [0.29, 0.717) is 27.7 Å². The molecule has 3 fully saturated rings. The number of carbonyl (C=O) groups excluding carboxylic acids is 1. The summed E-state index contributed by atoms with van der Waals surface area (Å²) in [6, 6.07) is 10.3. The first-order valence-electron chi connectivity index (χ1n) is 10.8. The van der Waals surface area contributed by atoms with Gasteiger partial charge < -0.3 is 5.11 Å². The van der Waals surface area contributed by atoms with Crippen LogP contribution in [0.2, 0.25) is 5.02 Å². The zero-order chi connectivity index (χ0) is 21.5. The predicted octanol–water partition coefficient (Wildman–Crippen LogP) is 6.38. The molecular formula is C24H24ClNO2S3. The van der Waals surface area contributed by atoms with E-state index in [4.69, 9.17) is 23.8 Å². The van der Waals surface area contributed by atoms with Crippen LogP contribution in [-0.2, 0) is 11.2 Å². The summed E-state index contributed by atoms with van der Waals surface area (Å²) >= 11 is 14.8. The van der Waals surface area contributed by atoms with Gasteiger partial charge in [-0.3, -0.25) is 9.69 Å². The van der Waals surface area contributed by atoms with Crippen molar-refractivity contribution in [1.29, 1.82) is 0 Å². The first kappa shape index (κ1) is 21.7. The van der Waals surface area contributed by atoms with Crippen molar-refractivity contribution >= 4 is 63.2 Å². The summed E-state index contributed by atoms with van der Waals surface area (Å²) < 4.78 is 0.709. The Kier molecular flexibility index (Phi) is 6.28. The zero-order valence-corrected chi connectivity index (χ0v) is 20.3. The molecule has 1 amide bonds. The maximum Gasteiger partial charge on any atom is 0.266 e. The predicted molar refractivity (Wildman–Crippen MR) is 134 cm³/mol. The molecule has 2 heterocycles. The highest BCUT2D eigenvalue weighted by Crippen LogP contribution is 2.49. The lowest BCUT2D eigenvalue weighted by Crippen LogP contribution is -2.41. The molecule has 0 spiro atoms. The van der Waals surface area contributed by atoms with Crippen LogP contribution in [0.4, 0.5) is 0 Å². The van der Waals surface area contributed by atoms with Crippen LogP contribution in [0.25, 0.3) is 16.5 Å². The van der Waals surface area contributed by atoms with Gasteiger partial charge in [-0.1, -0.05) is 54.1 Å². The molecule has 2 saturated carbocycles. The number of amides is 1. The normalized spacial score (nSPS) is 26.6. The summed E-state index contributed by atoms with van der Waals surface area (Å²) in [7, 11) is 0. The van der Waals surface area contributed by atoms with Crippen molar-refractivity contribution in [3.05, 3.63) is 50.7 Å². The summed E-state index contributed by atoms with van der Waals surface area (Å²) in [6.45, 7) is 0.151. The highest BCUT2D eigenvalue weighted by molar-refractivity contribution is 8.26. The molecule has 1 N–H and O–H groups in total. The molecule has 3 aliphatic rings. The molecule has 3 unspecified atom stereocenters. The monoisotopic (exact) mass is 489 g/mol. The lowest BCUT2D eigenvalue weighted by molar-refractivity contribution is -0.124. The SMILES string of the molecule is O=C1/C(=C/c2sc(-c3ccc(Cl)cc3)cc2CCCO)SC(=S)N1C1CC2CCC1C2. The van der Waals surface area contributed by atoms with Gasteiger partial charge in [0.05, 0.1) is 4.91 Å². The summed E-state index contributed by atoms with van der Waals surface area (Å²) in [5.74, 6) is 1.46. The van der Waals surface area contributed by atoms with Gasteiger partial charge in [0.15, 0.2) is 0 Å². The van der Waals surface area contributed by atoms with Crippen molar-refractivity contribution in [2.75, 3.05) is 6.61 Å². The van der Waals surface area contributed by atoms with Gasteiger partial charge in [0.1, 0.15) is 4.32 Å². The van der Waals surface area contributed by atoms with E-state index in [1.165, 1.54) is 31.0 Å². The number of carbonyl (C=O) groups is 1. The number of hydrogen-bond donors (Lipinski definition) is 1. The number of thiocarbonyl (C=S) groups is 1. The van der Waals surface area contributed by atoms with Gasteiger partial charge in [0.25, 0.3) is 5.91 Å². The van der Waals surface area contributed by atoms with E-state index in [2.05, 4.69) is 6.07 Å². The Morgan fingerprint density at radius 3 is 2.71 bits per heavy atom. The largest absolute Gasteiger partial charge is 0.396 e. The standard InChI is InChI=1S/C24H24ClNO2S3/c25-18-7-5-15(6-8-18)20-12-17(2-1-9-27)21(30-20)13-22-23(28)26(24(29)31-22)19-11-14-3-4-16(19)10-14/h5-8,12-14,16,19,27H,1-4,9-11H2/b22-13-. The minimum atomic E-state index is 0.0714. The van der Waals surface area contributed by atoms with Gasteiger partial charge in [0, 0.05) is 27.4 Å². The molecule has 3 atom stereocenters. The van der Waals surface area contributed by atoms with Crippen molar-refractivity contribution in [2.24, 2.45) is 11.8 Å². The summed E-state index contributed by atoms with van der Waals surface area (Å²) in [5.41, 5.74) is 2.27. The Bertz CT molecular complexity index is 1050. The third-order valence-corrected chi connectivity index (χ3v) is 9.45. The number of rotatable bonds is 6. The molecular weight excluding hydrogens is 466 g/mol. The van der Waals surface area contributed by atoms with E-state index >= 15 is 0 Å². The number of hydrogen-bond acceptors (Lipinski definition) is 5. The van der Waals surface area contributed by atoms with Crippen LogP contribution >= 0.6 is 46.9 Å². The maximum atomic E-state index is 13.3. The van der Waals surface area contributed by atoms with Crippen LogP contribution in [0, 0.1) is 11.8 Å². The molecule has 1 aromatic carbocycles. The highest BCUT2D eigenvalue weighted by atomic mass is 35.5. The first-order chi connectivity index (χ1) is 15.0. The molecule has 162 valence electrons. The number of aryl methyl sites for hydroxylation is 1. The van der Waals surface area contributed by atoms with Crippen LogP contribution in [0.1, 0.15) is 42.5 Å². The second-order valence-electron chi connectivity index (χ2n) is 8.63. The van der Waals surface area contributed by atoms with Crippen LogP contribution in [0.3, 0.4) is 0 Å². The lowest BCUT2D eigenvalue weighted by Gasteiger charge is -2.30. The van der Waals surface area contributed by atoms with Gasteiger partial charge >= 0.3 is 0 Å². The minimum Gasteiger partial charge on any atom is -0.396 e.